The number of hydrogen-bond acceptors (Lipinski definition) is 4. The molecule has 4 nitrogen and oxygen atoms in total. The molecule has 0 bridgehead atoms. The van der Waals surface area contributed by atoms with Gasteiger partial charge in [0.1, 0.15) is 0 Å². The van der Waals surface area contributed by atoms with Crippen LogP contribution in [-0.2, 0) is 0 Å². The zero-order valence-corrected chi connectivity index (χ0v) is 11.0. The molecule has 0 aliphatic carbocycles. The molecule has 0 aromatic rings. The van der Waals surface area contributed by atoms with Crippen LogP contribution in [0.2, 0.25) is 0 Å². The lowest BCUT2D eigenvalue weighted by Crippen LogP contribution is -2.50. The second-order valence-corrected chi connectivity index (χ2v) is 5.11. The van der Waals surface area contributed by atoms with Crippen LogP contribution in [-0.4, -0.2) is 74.7 Å². The van der Waals surface area contributed by atoms with Gasteiger partial charge in [0.2, 0.25) is 0 Å². The standard InChI is InChI=1S/C13H27N4/c1-2-13(17-11-6-15-7-12-17)3-8-16-9-4-14-5-10-16/h13-15H,1-12H2. The fourth-order valence-electron chi connectivity index (χ4n) is 2.82. The highest BCUT2D eigenvalue weighted by atomic mass is 15.2. The van der Waals surface area contributed by atoms with Crippen molar-refractivity contribution in [2.24, 2.45) is 0 Å². The summed E-state index contributed by atoms with van der Waals surface area (Å²) >= 11 is 0. The highest BCUT2D eigenvalue weighted by Gasteiger charge is 2.20. The maximum Gasteiger partial charge on any atom is 0.0110 e. The van der Waals surface area contributed by atoms with Crippen LogP contribution in [0.4, 0.5) is 0 Å². The fraction of sp³-hybridized carbons (Fsp3) is 0.923. The molecule has 2 rings (SSSR count). The van der Waals surface area contributed by atoms with Crippen molar-refractivity contribution in [2.75, 3.05) is 58.9 Å². The van der Waals surface area contributed by atoms with E-state index in [1.54, 1.807) is 0 Å². The van der Waals surface area contributed by atoms with Crippen molar-refractivity contribution in [3.63, 3.8) is 0 Å². The Morgan fingerprint density at radius 3 is 2.12 bits per heavy atom. The minimum Gasteiger partial charge on any atom is -0.314 e. The quantitative estimate of drug-likeness (QED) is 0.694. The molecule has 2 aliphatic heterocycles. The van der Waals surface area contributed by atoms with Crippen molar-refractivity contribution in [1.82, 2.24) is 20.4 Å². The monoisotopic (exact) mass is 239 g/mol. The number of hydrogen-bond donors (Lipinski definition) is 2. The summed E-state index contributed by atoms with van der Waals surface area (Å²) < 4.78 is 0. The molecule has 2 heterocycles. The van der Waals surface area contributed by atoms with E-state index >= 15 is 0 Å². The average molecular weight is 239 g/mol. The summed E-state index contributed by atoms with van der Waals surface area (Å²) in [6.07, 6.45) is 2.33. The molecule has 2 fully saturated rings. The van der Waals surface area contributed by atoms with Gasteiger partial charge in [-0.15, -0.1) is 0 Å². The number of nitrogens with zero attached hydrogens (tertiary/aromatic N) is 2. The summed E-state index contributed by atoms with van der Waals surface area (Å²) in [6, 6.07) is 0.687. The molecule has 0 aromatic carbocycles. The molecule has 0 saturated carbocycles. The molecular formula is C13H27N4. The van der Waals surface area contributed by atoms with E-state index in [1.165, 1.54) is 39.1 Å². The molecule has 99 valence electrons. The summed E-state index contributed by atoms with van der Waals surface area (Å²) in [5, 5.41) is 6.83. The Bertz CT molecular complexity index is 198. The summed E-state index contributed by atoms with van der Waals surface area (Å²) in [4.78, 5) is 5.20. The number of nitrogens with one attached hydrogen (secondary N) is 2. The lowest BCUT2D eigenvalue weighted by molar-refractivity contribution is 0.143. The van der Waals surface area contributed by atoms with Crippen LogP contribution in [0.3, 0.4) is 0 Å². The van der Waals surface area contributed by atoms with Crippen molar-refractivity contribution >= 4 is 0 Å². The molecule has 0 amide bonds. The van der Waals surface area contributed by atoms with E-state index in [2.05, 4.69) is 27.4 Å². The van der Waals surface area contributed by atoms with Gasteiger partial charge < -0.3 is 15.5 Å². The predicted octanol–water partition coefficient (Wildman–Crippen LogP) is -0.220. The third-order valence-electron chi connectivity index (χ3n) is 3.99. The first-order valence-corrected chi connectivity index (χ1v) is 7.07. The molecule has 0 spiro atoms. The van der Waals surface area contributed by atoms with E-state index in [9.17, 15) is 0 Å². The smallest absolute Gasteiger partial charge is 0.0110 e. The minimum atomic E-state index is 0.687. The van der Waals surface area contributed by atoms with Gasteiger partial charge in [0.25, 0.3) is 0 Å². The van der Waals surface area contributed by atoms with Crippen molar-refractivity contribution in [3.05, 3.63) is 6.92 Å². The third kappa shape index (κ3) is 4.21. The largest absolute Gasteiger partial charge is 0.314 e. The summed E-state index contributed by atoms with van der Waals surface area (Å²) in [5.41, 5.74) is 0. The van der Waals surface area contributed by atoms with Crippen molar-refractivity contribution in [1.29, 1.82) is 0 Å². The maximum absolute atomic E-state index is 4.13. The van der Waals surface area contributed by atoms with Crippen LogP contribution >= 0.6 is 0 Å². The van der Waals surface area contributed by atoms with Crippen LogP contribution in [0, 0.1) is 6.92 Å². The van der Waals surface area contributed by atoms with E-state index in [4.69, 9.17) is 0 Å². The second kappa shape index (κ2) is 7.31. The number of piperazine rings is 2. The molecule has 4 heteroatoms. The van der Waals surface area contributed by atoms with E-state index in [1.807, 2.05) is 0 Å². The second-order valence-electron chi connectivity index (χ2n) is 5.11. The van der Waals surface area contributed by atoms with Gasteiger partial charge >= 0.3 is 0 Å². The molecule has 1 atom stereocenters. The van der Waals surface area contributed by atoms with Crippen LogP contribution in [0.25, 0.3) is 0 Å². The van der Waals surface area contributed by atoms with Gasteiger partial charge in [-0.2, -0.15) is 0 Å². The van der Waals surface area contributed by atoms with E-state index in [0.717, 1.165) is 32.6 Å². The van der Waals surface area contributed by atoms with Gasteiger partial charge in [-0.1, -0.05) is 6.92 Å². The Morgan fingerprint density at radius 2 is 1.53 bits per heavy atom. The first kappa shape index (κ1) is 13.3. The van der Waals surface area contributed by atoms with Gasteiger partial charge in [-0.25, -0.2) is 0 Å². The van der Waals surface area contributed by atoms with Crippen LogP contribution < -0.4 is 10.6 Å². The Balaban J connectivity index is 1.70. The number of rotatable bonds is 5. The molecule has 1 radical (unpaired) electrons. The lowest BCUT2D eigenvalue weighted by Gasteiger charge is -2.36. The van der Waals surface area contributed by atoms with Crippen LogP contribution in [0.15, 0.2) is 0 Å². The fourth-order valence-corrected chi connectivity index (χ4v) is 2.82. The van der Waals surface area contributed by atoms with Crippen LogP contribution in [0.5, 0.6) is 0 Å². The van der Waals surface area contributed by atoms with Gasteiger partial charge in [0.05, 0.1) is 0 Å². The Morgan fingerprint density at radius 1 is 0.941 bits per heavy atom. The zero-order valence-electron chi connectivity index (χ0n) is 11.0. The predicted molar refractivity (Wildman–Crippen MR) is 72.1 cm³/mol. The van der Waals surface area contributed by atoms with E-state index in [-0.39, 0.29) is 0 Å². The lowest BCUT2D eigenvalue weighted by atomic mass is 10.1. The van der Waals surface area contributed by atoms with Crippen molar-refractivity contribution < 1.29 is 0 Å². The van der Waals surface area contributed by atoms with E-state index in [0.29, 0.717) is 6.04 Å². The molecule has 2 N–H and O–H groups in total. The maximum atomic E-state index is 4.13. The first-order chi connectivity index (χ1) is 8.40. The molecule has 1 unspecified atom stereocenters. The Kier molecular flexibility index (Phi) is 5.71. The van der Waals surface area contributed by atoms with E-state index < -0.39 is 0 Å². The highest BCUT2D eigenvalue weighted by molar-refractivity contribution is 4.79. The zero-order chi connectivity index (χ0) is 11.9. The topological polar surface area (TPSA) is 30.5 Å². The van der Waals surface area contributed by atoms with Crippen LogP contribution in [0.1, 0.15) is 12.8 Å². The third-order valence-corrected chi connectivity index (χ3v) is 3.99. The van der Waals surface area contributed by atoms with Crippen molar-refractivity contribution in [2.45, 2.75) is 18.9 Å². The van der Waals surface area contributed by atoms with Gasteiger partial charge in [-0.05, 0) is 19.4 Å². The van der Waals surface area contributed by atoms with Crippen molar-refractivity contribution in [3.8, 4) is 0 Å². The molecule has 0 aromatic heterocycles. The highest BCUT2D eigenvalue weighted by Crippen LogP contribution is 2.10. The molecular weight excluding hydrogens is 212 g/mol. The minimum absolute atomic E-state index is 0.687. The molecule has 2 saturated heterocycles. The summed E-state index contributed by atoms with van der Waals surface area (Å²) in [5.74, 6) is 0. The molecule has 2 aliphatic rings. The van der Waals surface area contributed by atoms with Gasteiger partial charge in [0.15, 0.2) is 0 Å². The normalized spacial score (nSPS) is 25.9. The Labute approximate surface area is 106 Å². The average Bonchev–Trinajstić information content (AvgIpc) is 2.42. The Hall–Kier alpha value is -0.160. The van der Waals surface area contributed by atoms with Gasteiger partial charge in [-0.3, -0.25) is 4.90 Å². The summed E-state index contributed by atoms with van der Waals surface area (Å²) in [7, 11) is 0. The van der Waals surface area contributed by atoms with Gasteiger partial charge in [0, 0.05) is 58.4 Å². The molecule has 17 heavy (non-hydrogen) atoms. The first-order valence-electron chi connectivity index (χ1n) is 7.07. The SMILES string of the molecule is [CH2]CC(CCN1CCNCC1)N1CCNCC1. The summed E-state index contributed by atoms with van der Waals surface area (Å²) in [6.45, 7) is 14.8.